The second kappa shape index (κ2) is 12.0. The van der Waals surface area contributed by atoms with Gasteiger partial charge in [0.05, 0.1) is 30.8 Å². The molecule has 0 bridgehead atoms. The molecule has 10 heteroatoms. The molecule has 0 unspecified atom stereocenters. The SMILES string of the molecule is CO[C@@H]1CN(C(=O)OC(C)(C)C)C[C@H]1N(Cc1c(C(=O)O)c(C)n(C)c1C)C(=O)OCC1c2ccccc2-c2ccccc21. The summed E-state index contributed by atoms with van der Waals surface area (Å²) < 4.78 is 19.3. The molecule has 5 rings (SSSR count). The van der Waals surface area contributed by atoms with Crippen LogP contribution in [0.4, 0.5) is 9.59 Å². The van der Waals surface area contributed by atoms with Gasteiger partial charge < -0.3 is 28.8 Å². The number of rotatable bonds is 7. The molecule has 2 aromatic carbocycles. The molecule has 2 aliphatic rings. The molecule has 3 aromatic rings. The summed E-state index contributed by atoms with van der Waals surface area (Å²) in [6.45, 7) is 9.39. The van der Waals surface area contributed by atoms with E-state index in [2.05, 4.69) is 24.3 Å². The van der Waals surface area contributed by atoms with Gasteiger partial charge in [0.1, 0.15) is 12.2 Å². The van der Waals surface area contributed by atoms with E-state index in [1.54, 1.807) is 34.7 Å². The Morgan fingerprint density at radius 1 is 0.955 bits per heavy atom. The molecule has 1 saturated heterocycles. The number of carbonyl (C=O) groups excluding carboxylic acids is 2. The van der Waals surface area contributed by atoms with E-state index in [1.165, 1.54) is 16.9 Å². The van der Waals surface area contributed by atoms with Crippen molar-refractivity contribution in [1.82, 2.24) is 14.4 Å². The van der Waals surface area contributed by atoms with Crippen LogP contribution in [0.3, 0.4) is 0 Å². The zero-order valence-corrected chi connectivity index (χ0v) is 26.4. The van der Waals surface area contributed by atoms with Crippen molar-refractivity contribution in [1.29, 1.82) is 0 Å². The first kappa shape index (κ1) is 31.1. The zero-order chi connectivity index (χ0) is 31.9. The minimum atomic E-state index is -1.07. The molecule has 0 spiro atoms. The molecule has 44 heavy (non-hydrogen) atoms. The number of aromatic nitrogens is 1. The molecular weight excluding hydrogens is 562 g/mol. The van der Waals surface area contributed by atoms with Crippen LogP contribution in [0.15, 0.2) is 48.5 Å². The largest absolute Gasteiger partial charge is 0.478 e. The van der Waals surface area contributed by atoms with Gasteiger partial charge in [0, 0.05) is 43.6 Å². The molecule has 1 fully saturated rings. The molecule has 10 nitrogen and oxygen atoms in total. The van der Waals surface area contributed by atoms with Crippen molar-refractivity contribution in [3.8, 4) is 11.1 Å². The molecule has 2 amide bonds. The number of nitrogens with zero attached hydrogens (tertiary/aromatic N) is 3. The number of hydrogen-bond acceptors (Lipinski definition) is 6. The highest BCUT2D eigenvalue weighted by Crippen LogP contribution is 2.44. The quantitative estimate of drug-likeness (QED) is 0.368. The first-order chi connectivity index (χ1) is 20.8. The standard InChI is InChI=1S/C34H41N3O7/c1-20-26(30(31(38)39)21(2)35(20)6)16-37(28-17-36(18-29(28)42-7)32(40)44-34(3,4)5)33(41)43-19-27-24-14-10-8-12-22(24)23-13-9-11-15-25(23)27/h8-15,27-29H,16-19H2,1-7H3,(H,38,39)/t28-,29-/m1/s1. The number of benzene rings is 2. The summed E-state index contributed by atoms with van der Waals surface area (Å²) in [5, 5.41) is 10.1. The second-order valence-electron chi connectivity index (χ2n) is 12.5. The highest BCUT2D eigenvalue weighted by atomic mass is 16.6. The Kier molecular flexibility index (Phi) is 8.49. The number of carboxylic acids is 1. The van der Waals surface area contributed by atoms with Gasteiger partial charge in [0.25, 0.3) is 0 Å². The van der Waals surface area contributed by atoms with Crippen molar-refractivity contribution in [2.24, 2.45) is 7.05 Å². The third kappa shape index (κ3) is 5.78. The van der Waals surface area contributed by atoms with E-state index >= 15 is 0 Å². The molecular formula is C34H41N3O7. The van der Waals surface area contributed by atoms with Gasteiger partial charge in [-0.2, -0.15) is 0 Å². The Balaban J connectivity index is 1.47. The summed E-state index contributed by atoms with van der Waals surface area (Å²) in [5.41, 5.74) is 5.68. The van der Waals surface area contributed by atoms with Crippen molar-refractivity contribution in [3.63, 3.8) is 0 Å². The molecule has 1 aromatic heterocycles. The summed E-state index contributed by atoms with van der Waals surface area (Å²) in [7, 11) is 3.34. The molecule has 2 atom stereocenters. The van der Waals surface area contributed by atoms with Gasteiger partial charge in [-0.05, 0) is 56.9 Å². The lowest BCUT2D eigenvalue weighted by Crippen LogP contribution is -2.48. The van der Waals surface area contributed by atoms with Crippen molar-refractivity contribution in [2.45, 2.75) is 64.8 Å². The van der Waals surface area contributed by atoms with Crippen molar-refractivity contribution in [2.75, 3.05) is 26.8 Å². The fourth-order valence-electron chi connectivity index (χ4n) is 6.43. The minimum absolute atomic E-state index is 0.0293. The van der Waals surface area contributed by atoms with E-state index in [4.69, 9.17) is 14.2 Å². The fraction of sp³-hybridized carbons (Fsp3) is 0.441. The van der Waals surface area contributed by atoms with Crippen LogP contribution in [-0.4, -0.2) is 82.2 Å². The van der Waals surface area contributed by atoms with Crippen LogP contribution in [0, 0.1) is 13.8 Å². The topological polar surface area (TPSA) is 111 Å². The normalized spacial score (nSPS) is 17.8. The molecule has 2 heterocycles. The number of carbonyl (C=O) groups is 3. The van der Waals surface area contributed by atoms with Crippen LogP contribution in [0.1, 0.15) is 65.1 Å². The third-order valence-electron chi connectivity index (χ3n) is 8.81. The summed E-state index contributed by atoms with van der Waals surface area (Å²) in [5.74, 6) is -1.22. The van der Waals surface area contributed by atoms with E-state index in [-0.39, 0.29) is 37.7 Å². The zero-order valence-electron chi connectivity index (χ0n) is 26.4. The first-order valence-corrected chi connectivity index (χ1v) is 14.8. The lowest BCUT2D eigenvalue weighted by atomic mass is 9.98. The van der Waals surface area contributed by atoms with Gasteiger partial charge in [-0.25, -0.2) is 14.4 Å². The Labute approximate surface area is 258 Å². The molecule has 1 aliphatic carbocycles. The number of fused-ring (bicyclic) bond motifs is 3. The van der Waals surface area contributed by atoms with Crippen LogP contribution >= 0.6 is 0 Å². The molecule has 1 aliphatic heterocycles. The van der Waals surface area contributed by atoms with Gasteiger partial charge in [-0.15, -0.1) is 0 Å². The van der Waals surface area contributed by atoms with Crippen molar-refractivity contribution in [3.05, 3.63) is 82.2 Å². The monoisotopic (exact) mass is 603 g/mol. The van der Waals surface area contributed by atoms with E-state index in [0.29, 0.717) is 11.3 Å². The van der Waals surface area contributed by atoms with Gasteiger partial charge in [0.15, 0.2) is 0 Å². The number of carboxylic acid groups (broad SMARTS) is 1. The van der Waals surface area contributed by atoms with Gasteiger partial charge in [0.2, 0.25) is 0 Å². The van der Waals surface area contributed by atoms with E-state index in [1.807, 2.05) is 35.8 Å². The summed E-state index contributed by atoms with van der Waals surface area (Å²) in [4.78, 5) is 42.6. The average Bonchev–Trinajstić information content (AvgIpc) is 3.61. The number of ether oxygens (including phenoxy) is 3. The second-order valence-corrected chi connectivity index (χ2v) is 12.5. The summed E-state index contributed by atoms with van der Waals surface area (Å²) in [6.07, 6.45) is -1.66. The maximum atomic E-state index is 14.1. The molecule has 1 N–H and O–H groups in total. The minimum Gasteiger partial charge on any atom is -0.478 e. The van der Waals surface area contributed by atoms with Crippen LogP contribution < -0.4 is 0 Å². The predicted octanol–water partition coefficient (Wildman–Crippen LogP) is 5.73. The van der Waals surface area contributed by atoms with Crippen LogP contribution in [0.25, 0.3) is 11.1 Å². The number of hydrogen-bond donors (Lipinski definition) is 1. The van der Waals surface area contributed by atoms with Crippen LogP contribution in [-0.2, 0) is 27.8 Å². The van der Waals surface area contributed by atoms with E-state index in [9.17, 15) is 19.5 Å². The van der Waals surface area contributed by atoms with E-state index in [0.717, 1.165) is 27.9 Å². The smallest absolute Gasteiger partial charge is 0.410 e. The maximum absolute atomic E-state index is 14.1. The number of likely N-dealkylation sites (tertiary alicyclic amines) is 1. The Morgan fingerprint density at radius 2 is 1.55 bits per heavy atom. The lowest BCUT2D eigenvalue weighted by molar-refractivity contribution is 0.0236. The number of aromatic carboxylic acids is 1. The van der Waals surface area contributed by atoms with E-state index < -0.39 is 35.9 Å². The average molecular weight is 604 g/mol. The first-order valence-electron chi connectivity index (χ1n) is 14.8. The Bertz CT molecular complexity index is 1540. The van der Waals surface area contributed by atoms with Crippen molar-refractivity contribution >= 4 is 18.2 Å². The Morgan fingerprint density at radius 3 is 2.09 bits per heavy atom. The fourth-order valence-corrected chi connectivity index (χ4v) is 6.43. The predicted molar refractivity (Wildman–Crippen MR) is 165 cm³/mol. The summed E-state index contributed by atoms with van der Waals surface area (Å²) in [6, 6.07) is 15.6. The Hall–Kier alpha value is -4.31. The van der Waals surface area contributed by atoms with Crippen LogP contribution in [0.2, 0.25) is 0 Å². The summed E-state index contributed by atoms with van der Waals surface area (Å²) >= 11 is 0. The molecule has 234 valence electrons. The number of amides is 2. The highest BCUT2D eigenvalue weighted by Gasteiger charge is 2.44. The van der Waals surface area contributed by atoms with Crippen molar-refractivity contribution < 1.29 is 33.7 Å². The molecule has 0 saturated carbocycles. The van der Waals surface area contributed by atoms with Gasteiger partial charge in [-0.3, -0.25) is 4.90 Å². The molecule has 0 radical (unpaired) electrons. The van der Waals surface area contributed by atoms with Gasteiger partial charge >= 0.3 is 18.2 Å². The maximum Gasteiger partial charge on any atom is 0.410 e. The van der Waals surface area contributed by atoms with Crippen LogP contribution in [0.5, 0.6) is 0 Å². The number of methoxy groups -OCH3 is 1. The van der Waals surface area contributed by atoms with Gasteiger partial charge in [-0.1, -0.05) is 48.5 Å². The highest BCUT2D eigenvalue weighted by molar-refractivity contribution is 5.91. The third-order valence-corrected chi connectivity index (χ3v) is 8.81. The lowest BCUT2D eigenvalue weighted by Gasteiger charge is -2.32.